The van der Waals surface area contributed by atoms with Crippen LogP contribution >= 0.6 is 0 Å². The van der Waals surface area contributed by atoms with Crippen LogP contribution < -0.4 is 4.90 Å². The molecule has 0 aromatic heterocycles. The van der Waals surface area contributed by atoms with Crippen LogP contribution in [0, 0.1) is 11.7 Å². The number of rotatable bonds is 4. The van der Waals surface area contributed by atoms with Gasteiger partial charge in [-0.15, -0.1) is 0 Å². The number of methoxy groups -OCH3 is 1. The van der Waals surface area contributed by atoms with Crippen molar-refractivity contribution in [2.75, 3.05) is 31.7 Å². The van der Waals surface area contributed by atoms with Gasteiger partial charge in [-0.2, -0.15) is 0 Å². The first-order chi connectivity index (χ1) is 8.74. The van der Waals surface area contributed by atoms with Gasteiger partial charge >= 0.3 is 0 Å². The zero-order valence-corrected chi connectivity index (χ0v) is 10.7. The molecule has 3 nitrogen and oxygen atoms in total. The number of halogens is 1. The second-order valence-electron chi connectivity index (χ2n) is 4.84. The van der Waals surface area contributed by atoms with Crippen LogP contribution in [0.25, 0.3) is 0 Å². The Morgan fingerprint density at radius 2 is 2.33 bits per heavy atom. The Hall–Kier alpha value is -1.13. The highest BCUT2D eigenvalue weighted by molar-refractivity contribution is 5.54. The Bertz CT molecular complexity index is 395. The molecule has 1 atom stereocenters. The van der Waals surface area contributed by atoms with Gasteiger partial charge in [0.25, 0.3) is 0 Å². The number of nitrogens with zero attached hydrogens (tertiary/aromatic N) is 1. The molecule has 1 aromatic rings. The smallest absolute Gasteiger partial charge is 0.123 e. The van der Waals surface area contributed by atoms with E-state index in [0.29, 0.717) is 11.5 Å². The Labute approximate surface area is 107 Å². The van der Waals surface area contributed by atoms with Crippen LogP contribution in [0.3, 0.4) is 0 Å². The molecule has 1 heterocycles. The maximum atomic E-state index is 13.1. The van der Waals surface area contributed by atoms with Crippen LogP contribution in [0.1, 0.15) is 18.4 Å². The van der Waals surface area contributed by atoms with E-state index in [1.807, 2.05) is 0 Å². The first-order valence-electron chi connectivity index (χ1n) is 6.37. The van der Waals surface area contributed by atoms with E-state index in [-0.39, 0.29) is 12.4 Å². The normalized spacial score (nSPS) is 20.2. The van der Waals surface area contributed by atoms with Crippen LogP contribution in [0.5, 0.6) is 0 Å². The fourth-order valence-corrected chi connectivity index (χ4v) is 2.64. The fraction of sp³-hybridized carbons (Fsp3) is 0.571. The summed E-state index contributed by atoms with van der Waals surface area (Å²) in [6, 6.07) is 4.62. The molecule has 1 N–H and O–H groups in total. The quantitative estimate of drug-likeness (QED) is 0.892. The number of aliphatic hydroxyl groups is 1. The van der Waals surface area contributed by atoms with Crippen molar-refractivity contribution in [2.24, 2.45) is 5.92 Å². The standard InChI is InChI=1S/C14H20FNO2/c1-18-10-11-3-2-6-16(8-11)14-5-4-13(15)7-12(14)9-17/h4-5,7,11,17H,2-3,6,8-10H2,1H3. The lowest BCUT2D eigenvalue weighted by Gasteiger charge is -2.35. The summed E-state index contributed by atoms with van der Waals surface area (Å²) in [6.07, 6.45) is 2.27. The van der Waals surface area contributed by atoms with E-state index in [0.717, 1.165) is 31.8 Å². The summed E-state index contributed by atoms with van der Waals surface area (Å²) in [4.78, 5) is 2.22. The summed E-state index contributed by atoms with van der Waals surface area (Å²) in [5, 5.41) is 9.32. The fourth-order valence-electron chi connectivity index (χ4n) is 2.64. The van der Waals surface area contributed by atoms with Crippen LogP contribution in [0.4, 0.5) is 10.1 Å². The van der Waals surface area contributed by atoms with Gasteiger partial charge in [-0.25, -0.2) is 4.39 Å². The van der Waals surface area contributed by atoms with Crippen LogP contribution in [0.2, 0.25) is 0 Å². The molecule has 1 aliphatic rings. The Morgan fingerprint density at radius 3 is 3.06 bits per heavy atom. The number of aliphatic hydroxyl groups excluding tert-OH is 1. The van der Waals surface area contributed by atoms with Gasteiger partial charge in [0.15, 0.2) is 0 Å². The van der Waals surface area contributed by atoms with Crippen molar-refractivity contribution in [2.45, 2.75) is 19.4 Å². The van der Waals surface area contributed by atoms with Gasteiger partial charge < -0.3 is 14.7 Å². The second kappa shape index (κ2) is 6.16. The molecule has 4 heteroatoms. The number of anilines is 1. The predicted octanol–water partition coefficient (Wildman–Crippen LogP) is 2.18. The lowest BCUT2D eigenvalue weighted by Crippen LogP contribution is -2.37. The summed E-state index contributed by atoms with van der Waals surface area (Å²) in [5.74, 6) is 0.216. The highest BCUT2D eigenvalue weighted by Crippen LogP contribution is 2.27. The highest BCUT2D eigenvalue weighted by atomic mass is 19.1. The number of hydrogen-bond donors (Lipinski definition) is 1. The van der Waals surface area contributed by atoms with E-state index in [2.05, 4.69) is 4.90 Å². The van der Waals surface area contributed by atoms with Crippen LogP contribution in [-0.2, 0) is 11.3 Å². The average Bonchev–Trinajstić information content (AvgIpc) is 2.39. The van der Waals surface area contributed by atoms with Crippen molar-refractivity contribution in [3.63, 3.8) is 0 Å². The van der Waals surface area contributed by atoms with Gasteiger partial charge in [0.05, 0.1) is 13.2 Å². The number of hydrogen-bond acceptors (Lipinski definition) is 3. The Morgan fingerprint density at radius 1 is 1.50 bits per heavy atom. The predicted molar refractivity (Wildman–Crippen MR) is 69.1 cm³/mol. The molecule has 1 aromatic carbocycles. The van der Waals surface area contributed by atoms with Gasteiger partial charge in [-0.1, -0.05) is 0 Å². The first-order valence-corrected chi connectivity index (χ1v) is 6.37. The molecule has 1 saturated heterocycles. The molecular weight excluding hydrogens is 233 g/mol. The zero-order chi connectivity index (χ0) is 13.0. The van der Waals surface area contributed by atoms with Gasteiger partial charge in [0.1, 0.15) is 5.82 Å². The lowest BCUT2D eigenvalue weighted by molar-refractivity contribution is 0.143. The van der Waals surface area contributed by atoms with Crippen molar-refractivity contribution in [1.29, 1.82) is 0 Å². The number of benzene rings is 1. The Kier molecular flexibility index (Phi) is 4.55. The molecule has 18 heavy (non-hydrogen) atoms. The zero-order valence-electron chi connectivity index (χ0n) is 10.7. The van der Waals surface area contributed by atoms with Gasteiger partial charge in [-0.3, -0.25) is 0 Å². The van der Waals surface area contributed by atoms with E-state index in [1.165, 1.54) is 18.6 Å². The topological polar surface area (TPSA) is 32.7 Å². The molecule has 0 spiro atoms. The minimum atomic E-state index is -0.298. The van der Waals surface area contributed by atoms with Crippen molar-refractivity contribution < 1.29 is 14.2 Å². The van der Waals surface area contributed by atoms with E-state index < -0.39 is 0 Å². The summed E-state index contributed by atoms with van der Waals surface area (Å²) in [6.45, 7) is 2.50. The minimum absolute atomic E-state index is 0.126. The van der Waals surface area contributed by atoms with Crippen molar-refractivity contribution in [3.8, 4) is 0 Å². The maximum Gasteiger partial charge on any atom is 0.123 e. The van der Waals surface area contributed by atoms with Gasteiger partial charge in [-0.05, 0) is 37.0 Å². The third kappa shape index (κ3) is 3.00. The molecule has 0 saturated carbocycles. The molecule has 0 bridgehead atoms. The SMILES string of the molecule is COCC1CCCN(c2ccc(F)cc2CO)C1. The lowest BCUT2D eigenvalue weighted by atomic mass is 9.97. The molecule has 0 radical (unpaired) electrons. The maximum absolute atomic E-state index is 13.1. The molecular formula is C14H20FNO2. The van der Waals surface area contributed by atoms with E-state index in [9.17, 15) is 9.50 Å². The van der Waals surface area contributed by atoms with Gasteiger partial charge in [0, 0.05) is 31.5 Å². The molecule has 1 fully saturated rings. The van der Waals surface area contributed by atoms with Gasteiger partial charge in [0.2, 0.25) is 0 Å². The summed E-state index contributed by atoms with van der Waals surface area (Å²) in [5.41, 5.74) is 1.60. The minimum Gasteiger partial charge on any atom is -0.392 e. The van der Waals surface area contributed by atoms with E-state index in [4.69, 9.17) is 4.74 Å². The first kappa shape index (κ1) is 13.3. The second-order valence-corrected chi connectivity index (χ2v) is 4.84. The summed E-state index contributed by atoms with van der Waals surface area (Å²) >= 11 is 0. The third-order valence-electron chi connectivity index (χ3n) is 3.47. The van der Waals surface area contributed by atoms with Crippen molar-refractivity contribution in [1.82, 2.24) is 0 Å². The Balaban J connectivity index is 2.15. The molecule has 1 aliphatic heterocycles. The van der Waals surface area contributed by atoms with Crippen molar-refractivity contribution >= 4 is 5.69 Å². The summed E-state index contributed by atoms with van der Waals surface area (Å²) in [7, 11) is 1.72. The molecule has 0 amide bonds. The van der Waals surface area contributed by atoms with E-state index in [1.54, 1.807) is 13.2 Å². The average molecular weight is 253 g/mol. The third-order valence-corrected chi connectivity index (χ3v) is 3.47. The highest BCUT2D eigenvalue weighted by Gasteiger charge is 2.21. The molecule has 0 aliphatic carbocycles. The molecule has 100 valence electrons. The number of ether oxygens (including phenoxy) is 1. The van der Waals surface area contributed by atoms with Crippen LogP contribution in [0.15, 0.2) is 18.2 Å². The van der Waals surface area contributed by atoms with E-state index >= 15 is 0 Å². The summed E-state index contributed by atoms with van der Waals surface area (Å²) < 4.78 is 18.4. The largest absolute Gasteiger partial charge is 0.392 e. The van der Waals surface area contributed by atoms with Crippen molar-refractivity contribution in [3.05, 3.63) is 29.6 Å². The monoisotopic (exact) mass is 253 g/mol. The number of piperidine rings is 1. The van der Waals surface area contributed by atoms with Crippen LogP contribution in [-0.4, -0.2) is 31.9 Å². The molecule has 2 rings (SSSR count). The molecule has 1 unspecified atom stereocenters.